The Labute approximate surface area is 134 Å². The van der Waals surface area contributed by atoms with Gasteiger partial charge in [0.25, 0.3) is 0 Å². The summed E-state index contributed by atoms with van der Waals surface area (Å²) in [4.78, 5) is 24.7. The van der Waals surface area contributed by atoms with E-state index in [4.69, 9.17) is 16.7 Å². The van der Waals surface area contributed by atoms with Crippen molar-refractivity contribution >= 4 is 41.6 Å². The lowest BCUT2D eigenvalue weighted by Crippen LogP contribution is -2.27. The minimum Gasteiger partial charge on any atom is -0.481 e. The van der Waals surface area contributed by atoms with E-state index in [1.807, 2.05) is 4.90 Å². The molecule has 0 aromatic heterocycles. The maximum Gasteiger partial charge on any atom is 0.307 e. The van der Waals surface area contributed by atoms with Crippen molar-refractivity contribution in [3.8, 4) is 0 Å². The van der Waals surface area contributed by atoms with Gasteiger partial charge in [-0.15, -0.1) is 12.4 Å². The van der Waals surface area contributed by atoms with E-state index in [1.54, 1.807) is 24.3 Å². The van der Waals surface area contributed by atoms with Crippen molar-refractivity contribution in [2.24, 2.45) is 5.92 Å². The van der Waals surface area contributed by atoms with Gasteiger partial charge >= 0.3 is 5.97 Å². The number of halogens is 2. The highest BCUT2D eigenvalue weighted by molar-refractivity contribution is 6.33. The molecule has 5 nitrogen and oxygen atoms in total. The second-order valence-electron chi connectivity index (χ2n) is 4.90. The van der Waals surface area contributed by atoms with E-state index in [2.05, 4.69) is 5.32 Å². The summed E-state index contributed by atoms with van der Waals surface area (Å²) in [5, 5.41) is 12.2. The fourth-order valence-electron chi connectivity index (χ4n) is 2.27. The van der Waals surface area contributed by atoms with E-state index in [-0.39, 0.29) is 24.2 Å². The zero-order valence-corrected chi connectivity index (χ0v) is 13.0. The van der Waals surface area contributed by atoms with Crippen molar-refractivity contribution in [1.29, 1.82) is 0 Å². The molecule has 21 heavy (non-hydrogen) atoms. The van der Waals surface area contributed by atoms with Crippen LogP contribution in [0.15, 0.2) is 24.3 Å². The van der Waals surface area contributed by atoms with Crippen molar-refractivity contribution in [3.63, 3.8) is 0 Å². The van der Waals surface area contributed by atoms with Gasteiger partial charge in [0.2, 0.25) is 5.91 Å². The Balaban J connectivity index is 0.00000220. The number of carboxylic acid groups (broad SMARTS) is 1. The van der Waals surface area contributed by atoms with Crippen molar-refractivity contribution in [2.45, 2.75) is 12.8 Å². The van der Waals surface area contributed by atoms with Crippen molar-refractivity contribution in [3.05, 3.63) is 29.3 Å². The zero-order valence-electron chi connectivity index (χ0n) is 11.4. The summed E-state index contributed by atoms with van der Waals surface area (Å²) in [7, 11) is 0. The molecule has 1 aliphatic rings. The molecule has 0 aliphatic carbocycles. The molecule has 2 rings (SSSR count). The van der Waals surface area contributed by atoms with Crippen LogP contribution in [0.3, 0.4) is 0 Å². The Bertz CT molecular complexity index is 511. The standard InChI is InChI=1S/C14H17ClN2O3.ClH/c15-11-3-1-2-4-12(11)16-13(18)6-8-17-7-5-10(9-17)14(19)20;/h1-4,10H,5-9H2,(H,16,18)(H,19,20);1H. The summed E-state index contributed by atoms with van der Waals surface area (Å²) < 4.78 is 0. The van der Waals surface area contributed by atoms with Gasteiger partial charge in [0, 0.05) is 19.5 Å². The van der Waals surface area contributed by atoms with E-state index in [1.165, 1.54) is 0 Å². The van der Waals surface area contributed by atoms with Crippen molar-refractivity contribution < 1.29 is 14.7 Å². The predicted octanol–water partition coefficient (Wildman–Crippen LogP) is 2.50. The lowest BCUT2D eigenvalue weighted by molar-refractivity contribution is -0.141. The number of anilines is 1. The van der Waals surface area contributed by atoms with Gasteiger partial charge in [-0.05, 0) is 25.1 Å². The van der Waals surface area contributed by atoms with Gasteiger partial charge < -0.3 is 15.3 Å². The molecule has 1 fully saturated rings. The summed E-state index contributed by atoms with van der Waals surface area (Å²) in [6.07, 6.45) is 0.985. The van der Waals surface area contributed by atoms with Crippen molar-refractivity contribution in [1.82, 2.24) is 4.90 Å². The molecule has 0 spiro atoms. The van der Waals surface area contributed by atoms with Crippen LogP contribution in [0.1, 0.15) is 12.8 Å². The predicted molar refractivity (Wildman–Crippen MR) is 84.1 cm³/mol. The van der Waals surface area contributed by atoms with Gasteiger partial charge in [-0.1, -0.05) is 23.7 Å². The van der Waals surface area contributed by atoms with Gasteiger partial charge in [0.05, 0.1) is 16.6 Å². The van der Waals surface area contributed by atoms with Gasteiger partial charge in [-0.2, -0.15) is 0 Å². The van der Waals surface area contributed by atoms with Crippen molar-refractivity contribution in [2.75, 3.05) is 25.0 Å². The quantitative estimate of drug-likeness (QED) is 0.869. The third kappa shape index (κ3) is 5.19. The Hall–Kier alpha value is -1.30. The number of likely N-dealkylation sites (tertiary alicyclic amines) is 1. The second kappa shape index (κ2) is 8.22. The third-order valence-corrected chi connectivity index (χ3v) is 3.75. The molecule has 2 N–H and O–H groups in total. The number of nitrogens with zero attached hydrogens (tertiary/aromatic N) is 1. The Morgan fingerprint density at radius 3 is 2.71 bits per heavy atom. The number of carbonyl (C=O) groups excluding carboxylic acids is 1. The minimum absolute atomic E-state index is 0. The van der Waals surface area contributed by atoms with Gasteiger partial charge in [-0.3, -0.25) is 9.59 Å². The van der Waals surface area contributed by atoms with Gasteiger partial charge in [-0.25, -0.2) is 0 Å². The third-order valence-electron chi connectivity index (χ3n) is 3.42. The summed E-state index contributed by atoms with van der Waals surface area (Å²) >= 11 is 5.96. The molecular formula is C14H18Cl2N2O3. The van der Waals surface area contributed by atoms with Crippen LogP contribution < -0.4 is 5.32 Å². The first kappa shape index (κ1) is 17.8. The molecule has 1 heterocycles. The van der Waals surface area contributed by atoms with E-state index in [0.717, 1.165) is 6.54 Å². The molecule has 7 heteroatoms. The molecule has 1 aromatic carbocycles. The number of carbonyl (C=O) groups is 2. The SMILES string of the molecule is Cl.O=C(CCN1CCC(C(=O)O)C1)Nc1ccccc1Cl. The van der Waals surface area contributed by atoms with E-state index in [0.29, 0.717) is 36.6 Å². The molecule has 1 atom stereocenters. The van der Waals surface area contributed by atoms with Crippen LogP contribution >= 0.6 is 24.0 Å². The number of aliphatic carboxylic acids is 1. The molecule has 1 aromatic rings. The number of para-hydroxylation sites is 1. The average molecular weight is 333 g/mol. The number of carboxylic acids is 1. The maximum atomic E-state index is 11.8. The smallest absolute Gasteiger partial charge is 0.307 e. The number of rotatable bonds is 5. The molecule has 0 bridgehead atoms. The highest BCUT2D eigenvalue weighted by Gasteiger charge is 2.27. The van der Waals surface area contributed by atoms with Gasteiger partial charge in [0.15, 0.2) is 0 Å². The van der Waals surface area contributed by atoms with Gasteiger partial charge in [0.1, 0.15) is 0 Å². The number of benzene rings is 1. The lowest BCUT2D eigenvalue weighted by atomic mass is 10.1. The number of hydrogen-bond acceptors (Lipinski definition) is 3. The first-order chi connectivity index (χ1) is 9.56. The summed E-state index contributed by atoms with van der Waals surface area (Å²) in [5.74, 6) is -1.17. The molecule has 1 unspecified atom stereocenters. The lowest BCUT2D eigenvalue weighted by Gasteiger charge is -2.15. The second-order valence-corrected chi connectivity index (χ2v) is 5.31. The molecule has 0 radical (unpaired) electrons. The Morgan fingerprint density at radius 1 is 1.38 bits per heavy atom. The average Bonchev–Trinajstić information content (AvgIpc) is 2.88. The fourth-order valence-corrected chi connectivity index (χ4v) is 2.46. The zero-order chi connectivity index (χ0) is 14.5. The highest BCUT2D eigenvalue weighted by Crippen LogP contribution is 2.21. The number of hydrogen-bond donors (Lipinski definition) is 2. The monoisotopic (exact) mass is 332 g/mol. The molecular weight excluding hydrogens is 315 g/mol. The van der Waals surface area contributed by atoms with Crippen LogP contribution in [0.25, 0.3) is 0 Å². The van der Waals surface area contributed by atoms with E-state index in [9.17, 15) is 9.59 Å². The molecule has 1 saturated heterocycles. The van der Waals surface area contributed by atoms with Crippen LogP contribution in [-0.2, 0) is 9.59 Å². The molecule has 116 valence electrons. The summed E-state index contributed by atoms with van der Waals surface area (Å²) in [6.45, 7) is 1.82. The normalized spacial score (nSPS) is 18.0. The van der Waals surface area contributed by atoms with E-state index >= 15 is 0 Å². The Kier molecular flexibility index (Phi) is 6.95. The summed E-state index contributed by atoms with van der Waals surface area (Å²) in [5.41, 5.74) is 0.601. The summed E-state index contributed by atoms with van der Waals surface area (Å²) in [6, 6.07) is 7.07. The Morgan fingerprint density at radius 2 is 2.10 bits per heavy atom. The number of nitrogens with one attached hydrogen (secondary N) is 1. The molecule has 1 amide bonds. The van der Waals surface area contributed by atoms with Crippen LogP contribution in [0.2, 0.25) is 5.02 Å². The first-order valence-electron chi connectivity index (χ1n) is 6.56. The van der Waals surface area contributed by atoms with Crippen LogP contribution in [0.4, 0.5) is 5.69 Å². The van der Waals surface area contributed by atoms with Crippen LogP contribution in [-0.4, -0.2) is 41.5 Å². The minimum atomic E-state index is -0.756. The van der Waals surface area contributed by atoms with Crippen LogP contribution in [0, 0.1) is 5.92 Å². The highest BCUT2D eigenvalue weighted by atomic mass is 35.5. The molecule has 0 saturated carbocycles. The molecule has 1 aliphatic heterocycles. The first-order valence-corrected chi connectivity index (χ1v) is 6.93. The topological polar surface area (TPSA) is 69.6 Å². The fraction of sp³-hybridized carbons (Fsp3) is 0.429. The number of amides is 1. The maximum absolute atomic E-state index is 11.8. The largest absolute Gasteiger partial charge is 0.481 e. The van der Waals surface area contributed by atoms with E-state index < -0.39 is 5.97 Å². The van der Waals surface area contributed by atoms with Crippen LogP contribution in [0.5, 0.6) is 0 Å².